The highest BCUT2D eigenvalue weighted by Gasteiger charge is 2.17. The first-order valence-electron chi connectivity index (χ1n) is 23.5. The Kier molecular flexibility index (Phi) is 3.69. The normalized spacial score (nSPS) is 16.6. The molecule has 0 aliphatic rings. The van der Waals surface area contributed by atoms with Crippen LogP contribution in [-0.4, -0.2) is 0 Å². The second-order valence-corrected chi connectivity index (χ2v) is 11.1. The Morgan fingerprint density at radius 3 is 1.79 bits per heavy atom. The molecule has 0 saturated carbocycles. The third-order valence-electron chi connectivity index (χ3n) is 8.39. The minimum absolute atomic E-state index is 0.0355. The second-order valence-electron chi connectivity index (χ2n) is 11.1. The lowest BCUT2D eigenvalue weighted by atomic mass is 9.86. The minimum atomic E-state index is -0.709. The minimum Gasteiger partial charge on any atom is -0.456 e. The van der Waals surface area contributed by atoms with Crippen molar-refractivity contribution in [3.05, 3.63) is 192 Å². The molecule has 222 valence electrons. The van der Waals surface area contributed by atoms with Gasteiger partial charge in [-0.25, -0.2) is 0 Å². The number of rotatable bonds is 6. The van der Waals surface area contributed by atoms with Crippen LogP contribution in [0.15, 0.2) is 174 Å². The van der Waals surface area contributed by atoms with Gasteiger partial charge in [0.15, 0.2) is 0 Å². The Balaban J connectivity index is 1.36. The standard InChI is InChI=1S/C46H32O/c1-3-13-31(14-4-1)28-42-37-19-7-9-21-39(37)43(40-22-10-8-20-38(40)42)29-32-15-11-18-35(27-32)36-23-12-24-44-46(36)41-26-25-34(30-45(41)47-44)33-16-5-2-6-17-33/h1-27,30H,28-29H2/i1D,3D,4D,7D,8D,9D,10D,11D,13D,14D,15D,18D,19D,20D,21D,22D,27D. The summed E-state index contributed by atoms with van der Waals surface area (Å²) in [5, 5.41) is 0.201. The van der Waals surface area contributed by atoms with Crippen molar-refractivity contribution in [2.75, 3.05) is 0 Å². The van der Waals surface area contributed by atoms with Crippen LogP contribution in [0.5, 0.6) is 0 Å². The van der Waals surface area contributed by atoms with Crippen LogP contribution in [0.25, 0.3) is 65.7 Å². The van der Waals surface area contributed by atoms with Crippen LogP contribution in [0, 0.1) is 0 Å². The smallest absolute Gasteiger partial charge is 0.136 e. The Bertz CT molecular complexity index is 3420. The van der Waals surface area contributed by atoms with Crippen LogP contribution < -0.4 is 0 Å². The molecule has 0 amide bonds. The topological polar surface area (TPSA) is 13.1 Å². The largest absolute Gasteiger partial charge is 0.456 e. The molecule has 0 spiro atoms. The van der Waals surface area contributed by atoms with E-state index < -0.39 is 110 Å². The van der Waals surface area contributed by atoms with E-state index in [0.29, 0.717) is 27.5 Å². The van der Waals surface area contributed by atoms with E-state index in [-0.39, 0.29) is 55.4 Å². The maximum atomic E-state index is 9.70. The lowest BCUT2D eigenvalue weighted by molar-refractivity contribution is 0.669. The van der Waals surface area contributed by atoms with Crippen molar-refractivity contribution in [2.45, 2.75) is 12.8 Å². The maximum absolute atomic E-state index is 9.70. The summed E-state index contributed by atoms with van der Waals surface area (Å²) in [6.45, 7) is 0. The molecule has 0 saturated heterocycles. The van der Waals surface area contributed by atoms with Crippen molar-refractivity contribution in [3.8, 4) is 22.3 Å². The van der Waals surface area contributed by atoms with Crippen LogP contribution >= 0.6 is 0 Å². The molecule has 1 aromatic heterocycles. The molecule has 0 aliphatic carbocycles. The fourth-order valence-corrected chi connectivity index (χ4v) is 6.30. The molecule has 0 aliphatic heterocycles. The molecule has 8 aromatic carbocycles. The van der Waals surface area contributed by atoms with Gasteiger partial charge in [0.25, 0.3) is 0 Å². The summed E-state index contributed by atoms with van der Waals surface area (Å²) in [5.74, 6) is 0. The highest BCUT2D eigenvalue weighted by Crippen LogP contribution is 2.40. The molecule has 47 heavy (non-hydrogen) atoms. The third-order valence-corrected chi connectivity index (χ3v) is 8.39. The monoisotopic (exact) mass is 617 g/mol. The molecular weight excluding hydrogens is 569 g/mol. The van der Waals surface area contributed by atoms with Gasteiger partial charge in [0.05, 0.1) is 23.3 Å². The van der Waals surface area contributed by atoms with E-state index >= 15 is 0 Å². The molecule has 1 heteroatoms. The average molecular weight is 618 g/mol. The maximum Gasteiger partial charge on any atom is 0.136 e. The van der Waals surface area contributed by atoms with Crippen LogP contribution in [-0.2, 0) is 12.8 Å². The first kappa shape index (κ1) is 15.1. The van der Waals surface area contributed by atoms with Crippen LogP contribution in [0.4, 0.5) is 0 Å². The van der Waals surface area contributed by atoms with E-state index in [2.05, 4.69) is 0 Å². The lowest BCUT2D eigenvalue weighted by Crippen LogP contribution is -1.98. The van der Waals surface area contributed by atoms with Gasteiger partial charge < -0.3 is 4.42 Å². The zero-order valence-corrected chi connectivity index (χ0v) is 24.7. The van der Waals surface area contributed by atoms with E-state index in [0.717, 1.165) is 11.1 Å². The van der Waals surface area contributed by atoms with Gasteiger partial charge in [-0.15, -0.1) is 0 Å². The SMILES string of the molecule is [2H]c1c([2H])c([2H])c(Cc2c3c([2H])c([2H])c([2H])c([2H])c3c(Cc3c([2H])c([2H])c([2H])c(-c4cccc5oc6cc(-c7ccccc7)ccc6c45)c3[2H])c3c([2H])c([2H])c([2H])c([2H])c23)c([2H])c1[2H]. The number of hydrogen-bond donors (Lipinski definition) is 0. The molecule has 0 bridgehead atoms. The van der Waals surface area contributed by atoms with Gasteiger partial charge in [0.2, 0.25) is 0 Å². The number of benzene rings is 8. The first-order chi connectivity index (χ1) is 30.4. The molecule has 0 N–H and O–H groups in total. The fourth-order valence-electron chi connectivity index (χ4n) is 6.30. The molecule has 1 nitrogen and oxygen atoms in total. The molecule has 0 unspecified atom stereocenters. The molecule has 9 aromatic rings. The zero-order chi connectivity index (χ0) is 46.0. The summed E-state index contributed by atoms with van der Waals surface area (Å²) >= 11 is 0. The quantitative estimate of drug-likeness (QED) is 0.169. The van der Waals surface area contributed by atoms with E-state index in [4.69, 9.17) is 19.5 Å². The van der Waals surface area contributed by atoms with Gasteiger partial charge in [-0.2, -0.15) is 0 Å². The first-order valence-corrected chi connectivity index (χ1v) is 15.0. The van der Waals surface area contributed by atoms with E-state index in [1.54, 1.807) is 18.2 Å². The summed E-state index contributed by atoms with van der Waals surface area (Å²) in [5.41, 5.74) is 2.38. The summed E-state index contributed by atoms with van der Waals surface area (Å²) < 4.78 is 157. The third kappa shape index (κ3) is 4.88. The molecule has 0 fully saturated rings. The van der Waals surface area contributed by atoms with Crippen LogP contribution in [0.2, 0.25) is 0 Å². The Morgan fingerprint density at radius 1 is 0.447 bits per heavy atom. The highest BCUT2D eigenvalue weighted by molar-refractivity contribution is 6.13. The van der Waals surface area contributed by atoms with Crippen molar-refractivity contribution in [1.82, 2.24) is 0 Å². The number of fused-ring (bicyclic) bond motifs is 5. The predicted octanol–water partition coefficient (Wildman–Crippen LogP) is 12.4. The second kappa shape index (κ2) is 11.5. The highest BCUT2D eigenvalue weighted by atomic mass is 16.3. The summed E-state index contributed by atoms with van der Waals surface area (Å²) in [6, 6.07) is 9.89. The van der Waals surface area contributed by atoms with E-state index in [9.17, 15) is 8.22 Å². The lowest BCUT2D eigenvalue weighted by Gasteiger charge is -2.18. The summed E-state index contributed by atoms with van der Waals surface area (Å²) in [4.78, 5) is 0. The van der Waals surface area contributed by atoms with Gasteiger partial charge >= 0.3 is 0 Å². The average Bonchev–Trinajstić information content (AvgIpc) is 3.68. The fraction of sp³-hybridized carbons (Fsp3) is 0.0435. The van der Waals surface area contributed by atoms with Crippen molar-refractivity contribution >= 4 is 43.5 Å². The number of hydrogen-bond acceptors (Lipinski definition) is 1. The number of furan rings is 1. The van der Waals surface area contributed by atoms with Crippen molar-refractivity contribution in [3.63, 3.8) is 0 Å². The van der Waals surface area contributed by atoms with E-state index in [1.807, 2.05) is 48.5 Å². The van der Waals surface area contributed by atoms with Crippen molar-refractivity contribution < 1.29 is 27.7 Å². The molecular formula is C46H32O. The Morgan fingerprint density at radius 2 is 1.09 bits per heavy atom. The van der Waals surface area contributed by atoms with Gasteiger partial charge in [0, 0.05) is 10.8 Å². The summed E-state index contributed by atoms with van der Waals surface area (Å²) in [6.07, 6.45) is -1.18. The zero-order valence-electron chi connectivity index (χ0n) is 41.7. The van der Waals surface area contributed by atoms with Crippen molar-refractivity contribution in [1.29, 1.82) is 0 Å². The van der Waals surface area contributed by atoms with E-state index in [1.165, 1.54) is 0 Å². The van der Waals surface area contributed by atoms with Gasteiger partial charge in [-0.3, -0.25) is 0 Å². The van der Waals surface area contributed by atoms with Gasteiger partial charge in [0.1, 0.15) is 11.2 Å². The van der Waals surface area contributed by atoms with Crippen molar-refractivity contribution in [2.24, 2.45) is 0 Å². The van der Waals surface area contributed by atoms with Crippen LogP contribution in [0.3, 0.4) is 0 Å². The van der Waals surface area contributed by atoms with Gasteiger partial charge in [-0.05, 0) is 97.1 Å². The predicted molar refractivity (Wildman–Crippen MR) is 198 cm³/mol. The Hall–Kier alpha value is -5.92. The van der Waals surface area contributed by atoms with Crippen LogP contribution in [0.1, 0.15) is 45.6 Å². The molecule has 0 atom stereocenters. The summed E-state index contributed by atoms with van der Waals surface area (Å²) in [7, 11) is 0. The Labute approximate surface area is 298 Å². The molecule has 0 radical (unpaired) electrons. The van der Waals surface area contributed by atoms with Gasteiger partial charge in [-0.1, -0.05) is 151 Å². The molecule has 1 heterocycles. The molecule has 9 rings (SSSR count).